The van der Waals surface area contributed by atoms with Gasteiger partial charge < -0.3 is 46.7 Å². The number of ether oxygens (including phenoxy) is 3. The Morgan fingerprint density at radius 3 is 1.83 bits per heavy atom. The summed E-state index contributed by atoms with van der Waals surface area (Å²) in [7, 11) is 0. The van der Waals surface area contributed by atoms with Gasteiger partial charge in [0, 0.05) is 34.8 Å². The number of hydrogen-bond acceptors (Lipinski definition) is 9. The third-order valence-corrected chi connectivity index (χ3v) is 7.18. The Morgan fingerprint density at radius 1 is 0.761 bits per heavy atom. The number of hydrogen-bond donors (Lipinski definition) is 6. The lowest BCUT2D eigenvalue weighted by atomic mass is 9.91. The Kier molecular flexibility index (Phi) is 10.9. The molecule has 244 valence electrons. The van der Waals surface area contributed by atoms with Crippen molar-refractivity contribution < 1.29 is 34.2 Å². The Hall–Kier alpha value is -5.46. The molecule has 0 spiro atoms. The van der Waals surface area contributed by atoms with Gasteiger partial charge in [0.25, 0.3) is 5.91 Å². The van der Waals surface area contributed by atoms with Crippen LogP contribution in [0.25, 0.3) is 0 Å². The van der Waals surface area contributed by atoms with Crippen LogP contribution in [0, 0.1) is 0 Å². The van der Waals surface area contributed by atoms with Gasteiger partial charge in [0.1, 0.15) is 29.5 Å². The maximum atomic E-state index is 13.4. The highest BCUT2D eigenvalue weighted by Crippen LogP contribution is 2.29. The number of nitrogens with zero attached hydrogens (tertiary/aromatic N) is 2. The van der Waals surface area contributed by atoms with Gasteiger partial charge >= 0.3 is 6.09 Å². The van der Waals surface area contributed by atoms with Gasteiger partial charge in [0.2, 0.25) is 0 Å². The third-order valence-electron chi connectivity index (χ3n) is 7.18. The number of alkyl carbamates (subject to hydrolysis) is 1. The Morgan fingerprint density at radius 2 is 1.28 bits per heavy atom. The average Bonchev–Trinajstić information content (AvgIpc) is 3.03. The number of rotatable bonds is 10. The molecule has 0 unspecified atom stereocenters. The van der Waals surface area contributed by atoms with Crippen LogP contribution in [0.15, 0.2) is 77.0 Å². The van der Waals surface area contributed by atoms with E-state index in [2.05, 4.69) is 20.9 Å². The summed E-state index contributed by atoms with van der Waals surface area (Å²) in [6.45, 7) is 5.64. The largest absolute Gasteiger partial charge is 0.489 e. The van der Waals surface area contributed by atoms with Gasteiger partial charge in [0.15, 0.2) is 11.7 Å². The number of carbonyl (C=O) groups is 2. The smallest absolute Gasteiger partial charge is 0.407 e. The molecule has 0 bridgehead atoms. The van der Waals surface area contributed by atoms with Crippen molar-refractivity contribution in [3.05, 3.63) is 89.0 Å². The molecule has 2 amide bonds. The van der Waals surface area contributed by atoms with E-state index >= 15 is 0 Å². The number of benzene rings is 3. The van der Waals surface area contributed by atoms with Gasteiger partial charge in [-0.2, -0.15) is 0 Å². The molecule has 1 aliphatic rings. The van der Waals surface area contributed by atoms with Crippen LogP contribution in [0.2, 0.25) is 0 Å². The van der Waals surface area contributed by atoms with Crippen molar-refractivity contribution in [3.63, 3.8) is 0 Å². The predicted octanol–water partition coefficient (Wildman–Crippen LogP) is 4.81. The number of nitrogens with one attached hydrogen (secondary N) is 2. The summed E-state index contributed by atoms with van der Waals surface area (Å²) in [6, 6.07) is 18.5. The number of amidine groups is 2. The molecule has 4 rings (SSSR count). The first-order chi connectivity index (χ1) is 21.9. The van der Waals surface area contributed by atoms with E-state index in [1.54, 1.807) is 66.7 Å². The van der Waals surface area contributed by atoms with Crippen LogP contribution < -0.4 is 31.6 Å². The molecule has 1 saturated carbocycles. The summed E-state index contributed by atoms with van der Waals surface area (Å²) >= 11 is 0. The first-order valence-electron chi connectivity index (χ1n) is 14.8. The second kappa shape index (κ2) is 15.0. The lowest BCUT2D eigenvalue weighted by Crippen LogP contribution is -2.45. The van der Waals surface area contributed by atoms with Crippen molar-refractivity contribution in [3.8, 4) is 17.2 Å². The zero-order valence-corrected chi connectivity index (χ0v) is 26.0. The topological polar surface area (TPSA) is 203 Å². The molecule has 0 saturated heterocycles. The molecular formula is C33H40N6O7. The highest BCUT2D eigenvalue weighted by molar-refractivity contribution is 5.97. The van der Waals surface area contributed by atoms with E-state index in [4.69, 9.17) is 36.1 Å². The molecule has 8 N–H and O–H groups in total. The molecule has 0 radical (unpaired) electrons. The minimum atomic E-state index is -0.572. The normalized spacial score (nSPS) is 17.1. The summed E-state index contributed by atoms with van der Waals surface area (Å²) in [5.41, 5.74) is 13.0. The van der Waals surface area contributed by atoms with Gasteiger partial charge in [0.05, 0.1) is 0 Å². The predicted molar refractivity (Wildman–Crippen MR) is 172 cm³/mol. The quantitative estimate of drug-likeness (QED) is 0.0784. The minimum absolute atomic E-state index is 0.000118. The van der Waals surface area contributed by atoms with E-state index < -0.39 is 11.7 Å². The Labute approximate surface area is 267 Å². The summed E-state index contributed by atoms with van der Waals surface area (Å²) in [6.07, 6.45) is 2.36. The molecule has 0 aliphatic heterocycles. The molecule has 0 aromatic heterocycles. The van der Waals surface area contributed by atoms with E-state index in [0.717, 1.165) is 5.56 Å². The SMILES string of the molecule is CC(C)(C)OC(=O)NC1CCC(NC(=O)c2cc(OCc3ccc(C(N)=NO)cc3)cc(Oc3ccc(C(N)=NO)cc3)c2)CC1. The lowest BCUT2D eigenvalue weighted by Gasteiger charge is -2.30. The minimum Gasteiger partial charge on any atom is -0.489 e. The number of carbonyl (C=O) groups excluding carboxylic acids is 2. The number of amides is 2. The van der Waals surface area contributed by atoms with Crippen molar-refractivity contribution in [1.82, 2.24) is 10.6 Å². The van der Waals surface area contributed by atoms with Crippen molar-refractivity contribution in [2.75, 3.05) is 0 Å². The van der Waals surface area contributed by atoms with E-state index in [0.29, 0.717) is 59.6 Å². The molecular weight excluding hydrogens is 592 g/mol. The summed E-state index contributed by atoms with van der Waals surface area (Å²) in [4.78, 5) is 25.6. The fraction of sp³-hybridized carbons (Fsp3) is 0.333. The van der Waals surface area contributed by atoms with Crippen LogP contribution in [0.4, 0.5) is 4.79 Å². The molecule has 0 atom stereocenters. The Bertz CT molecular complexity index is 1560. The fourth-order valence-electron chi connectivity index (χ4n) is 4.85. The molecule has 3 aromatic rings. The Balaban J connectivity index is 1.45. The summed E-state index contributed by atoms with van der Waals surface area (Å²) in [5, 5.41) is 29.8. The maximum Gasteiger partial charge on any atom is 0.407 e. The first-order valence-corrected chi connectivity index (χ1v) is 14.8. The van der Waals surface area contributed by atoms with Crippen molar-refractivity contribution >= 4 is 23.7 Å². The van der Waals surface area contributed by atoms with Crippen molar-refractivity contribution in [1.29, 1.82) is 0 Å². The number of oxime groups is 2. The zero-order valence-electron chi connectivity index (χ0n) is 26.0. The van der Waals surface area contributed by atoms with Crippen LogP contribution in [-0.4, -0.2) is 51.8 Å². The second-order valence-electron chi connectivity index (χ2n) is 11.9. The van der Waals surface area contributed by atoms with Crippen LogP contribution in [-0.2, 0) is 11.3 Å². The van der Waals surface area contributed by atoms with Crippen LogP contribution in [0.5, 0.6) is 17.2 Å². The monoisotopic (exact) mass is 632 g/mol. The molecule has 13 nitrogen and oxygen atoms in total. The highest BCUT2D eigenvalue weighted by Gasteiger charge is 2.26. The van der Waals surface area contributed by atoms with Crippen molar-refractivity contribution in [2.24, 2.45) is 21.8 Å². The van der Waals surface area contributed by atoms with Crippen molar-refractivity contribution in [2.45, 2.75) is 70.7 Å². The van der Waals surface area contributed by atoms with E-state index in [9.17, 15) is 9.59 Å². The van der Waals surface area contributed by atoms with Gasteiger partial charge in [-0.1, -0.05) is 34.6 Å². The molecule has 1 fully saturated rings. The van der Waals surface area contributed by atoms with E-state index in [1.807, 2.05) is 20.8 Å². The highest BCUT2D eigenvalue weighted by atomic mass is 16.6. The van der Waals surface area contributed by atoms with Crippen LogP contribution in [0.1, 0.15) is 73.5 Å². The van der Waals surface area contributed by atoms with E-state index in [1.165, 1.54) is 0 Å². The molecule has 3 aromatic carbocycles. The van der Waals surface area contributed by atoms with E-state index in [-0.39, 0.29) is 36.3 Å². The van der Waals surface area contributed by atoms with Crippen LogP contribution >= 0.6 is 0 Å². The average molecular weight is 633 g/mol. The van der Waals surface area contributed by atoms with Gasteiger partial charge in [-0.3, -0.25) is 4.79 Å². The van der Waals surface area contributed by atoms with Crippen LogP contribution in [0.3, 0.4) is 0 Å². The second-order valence-corrected chi connectivity index (χ2v) is 11.9. The summed E-state index contributed by atoms with van der Waals surface area (Å²) in [5.74, 6) is 0.917. The fourth-order valence-corrected chi connectivity index (χ4v) is 4.85. The lowest BCUT2D eigenvalue weighted by molar-refractivity contribution is 0.0488. The standard InChI is InChI=1S/C33H40N6O7/c1-33(2,3)46-32(41)37-25-12-10-24(11-13-25)36-31(40)23-16-27(44-19-20-4-6-21(7-5-20)29(34)38-42)18-28(17-23)45-26-14-8-22(9-15-26)30(35)39-43/h4-9,14-18,24-25,42-43H,10-13,19H2,1-3H3,(H2,34,38)(H2,35,39)(H,36,40)(H,37,41). The van der Waals surface area contributed by atoms with Gasteiger partial charge in [-0.25, -0.2) is 4.79 Å². The molecule has 13 heteroatoms. The first kappa shape index (κ1) is 33.4. The summed E-state index contributed by atoms with van der Waals surface area (Å²) < 4.78 is 17.5. The van der Waals surface area contributed by atoms with Gasteiger partial charge in [-0.05, 0) is 88.4 Å². The third kappa shape index (κ3) is 9.78. The molecule has 1 aliphatic carbocycles. The number of nitrogens with two attached hydrogens (primary N) is 2. The zero-order chi connectivity index (χ0) is 33.3. The van der Waals surface area contributed by atoms with Gasteiger partial charge in [-0.15, -0.1) is 0 Å². The molecule has 0 heterocycles. The maximum absolute atomic E-state index is 13.4. The molecule has 46 heavy (non-hydrogen) atoms.